The van der Waals surface area contributed by atoms with Crippen LogP contribution in [0.3, 0.4) is 0 Å². The predicted octanol–water partition coefficient (Wildman–Crippen LogP) is 2.52. The molecule has 2 fully saturated rings. The van der Waals surface area contributed by atoms with Gasteiger partial charge >= 0.3 is 0 Å². The number of nitro groups is 1. The minimum absolute atomic E-state index is 0.110. The molecule has 2 unspecified atom stereocenters. The zero-order valence-electron chi connectivity index (χ0n) is 14.0. The van der Waals surface area contributed by atoms with Crippen molar-refractivity contribution in [2.75, 3.05) is 38.3 Å². The minimum atomic E-state index is -0.343. The highest BCUT2D eigenvalue weighted by molar-refractivity contribution is 5.56. The lowest BCUT2D eigenvalue weighted by molar-refractivity contribution is -0.384. The molecular formula is C17H24N2O5. The van der Waals surface area contributed by atoms with Crippen molar-refractivity contribution in [3.8, 4) is 0 Å². The number of hydrogen-bond acceptors (Lipinski definition) is 6. The molecular weight excluding hydrogens is 312 g/mol. The van der Waals surface area contributed by atoms with Gasteiger partial charge in [-0.15, -0.1) is 0 Å². The first-order chi connectivity index (χ1) is 11.7. The van der Waals surface area contributed by atoms with E-state index in [9.17, 15) is 10.1 Å². The summed E-state index contributed by atoms with van der Waals surface area (Å²) in [6.07, 6.45) is 3.31. The largest absolute Gasteiger partial charge is 0.381 e. The molecule has 3 rings (SSSR count). The first kappa shape index (κ1) is 17.1. The van der Waals surface area contributed by atoms with Crippen LogP contribution >= 0.6 is 0 Å². The topological polar surface area (TPSA) is 74.1 Å². The van der Waals surface area contributed by atoms with Gasteiger partial charge in [0.2, 0.25) is 0 Å². The van der Waals surface area contributed by atoms with E-state index in [4.69, 9.17) is 14.2 Å². The van der Waals surface area contributed by atoms with Gasteiger partial charge in [0.1, 0.15) is 0 Å². The molecule has 0 N–H and O–H groups in total. The summed E-state index contributed by atoms with van der Waals surface area (Å²) in [7, 11) is 1.72. The number of nitro benzene ring substituents is 1. The molecule has 24 heavy (non-hydrogen) atoms. The van der Waals surface area contributed by atoms with E-state index in [2.05, 4.69) is 4.90 Å². The van der Waals surface area contributed by atoms with Gasteiger partial charge in [-0.2, -0.15) is 0 Å². The molecule has 132 valence electrons. The Bertz CT molecular complexity index is 574. The Morgan fingerprint density at radius 1 is 1.25 bits per heavy atom. The zero-order valence-corrected chi connectivity index (χ0v) is 14.0. The normalized spacial score (nSPS) is 24.3. The Morgan fingerprint density at radius 2 is 2.00 bits per heavy atom. The SMILES string of the molecule is COC1CCC(OCc2cc(N3CCOCC3)cc([N+](=O)[O-])c2)C1. The van der Waals surface area contributed by atoms with Crippen molar-refractivity contribution in [1.29, 1.82) is 0 Å². The van der Waals surface area contributed by atoms with Crippen LogP contribution in [0.2, 0.25) is 0 Å². The molecule has 0 radical (unpaired) electrons. The smallest absolute Gasteiger partial charge is 0.271 e. The van der Waals surface area contributed by atoms with Crippen LogP contribution in [0.25, 0.3) is 0 Å². The Morgan fingerprint density at radius 3 is 2.67 bits per heavy atom. The van der Waals surface area contributed by atoms with E-state index >= 15 is 0 Å². The van der Waals surface area contributed by atoms with Crippen LogP contribution < -0.4 is 4.90 Å². The Hall–Kier alpha value is -1.70. The Labute approximate surface area is 141 Å². The number of hydrogen-bond donors (Lipinski definition) is 0. The quantitative estimate of drug-likeness (QED) is 0.587. The summed E-state index contributed by atoms with van der Waals surface area (Å²) in [5.41, 5.74) is 1.82. The van der Waals surface area contributed by atoms with Crippen molar-refractivity contribution in [3.63, 3.8) is 0 Å². The monoisotopic (exact) mass is 336 g/mol. The summed E-state index contributed by atoms with van der Waals surface area (Å²) in [6.45, 7) is 3.18. The molecule has 1 aliphatic heterocycles. The summed E-state index contributed by atoms with van der Waals surface area (Å²) < 4.78 is 16.7. The van der Waals surface area contributed by atoms with E-state index in [1.165, 1.54) is 0 Å². The van der Waals surface area contributed by atoms with Gasteiger partial charge in [0.15, 0.2) is 0 Å². The highest BCUT2D eigenvalue weighted by atomic mass is 16.6. The van der Waals surface area contributed by atoms with Crippen LogP contribution in [0, 0.1) is 10.1 Å². The third-order valence-corrected chi connectivity index (χ3v) is 4.70. The number of methoxy groups -OCH3 is 1. The molecule has 1 aliphatic carbocycles. The summed E-state index contributed by atoms with van der Waals surface area (Å²) in [5, 5.41) is 11.2. The molecule has 2 aliphatic rings. The molecule has 2 atom stereocenters. The first-order valence-electron chi connectivity index (χ1n) is 8.41. The molecule has 1 heterocycles. The van der Waals surface area contributed by atoms with Crippen LogP contribution in [0.5, 0.6) is 0 Å². The highest BCUT2D eigenvalue weighted by Crippen LogP contribution is 2.28. The molecule has 1 saturated carbocycles. The molecule has 0 spiro atoms. The van der Waals surface area contributed by atoms with Crippen molar-refractivity contribution in [2.24, 2.45) is 0 Å². The second-order valence-corrected chi connectivity index (χ2v) is 6.32. The molecule has 1 saturated heterocycles. The van der Waals surface area contributed by atoms with E-state index in [0.29, 0.717) is 19.8 Å². The van der Waals surface area contributed by atoms with Gasteiger partial charge in [-0.25, -0.2) is 0 Å². The van der Waals surface area contributed by atoms with Crippen molar-refractivity contribution in [3.05, 3.63) is 33.9 Å². The lowest BCUT2D eigenvalue weighted by atomic mass is 10.1. The maximum absolute atomic E-state index is 11.2. The minimum Gasteiger partial charge on any atom is -0.381 e. The summed E-state index contributed by atoms with van der Waals surface area (Å²) >= 11 is 0. The average molecular weight is 336 g/mol. The van der Waals surface area contributed by atoms with Gasteiger partial charge < -0.3 is 19.1 Å². The van der Waals surface area contributed by atoms with Gasteiger partial charge in [-0.3, -0.25) is 10.1 Å². The number of nitrogens with zero attached hydrogens (tertiary/aromatic N) is 2. The van der Waals surface area contributed by atoms with Crippen LogP contribution in [-0.4, -0.2) is 50.5 Å². The third kappa shape index (κ3) is 4.23. The van der Waals surface area contributed by atoms with Crippen LogP contribution in [-0.2, 0) is 20.8 Å². The fourth-order valence-electron chi connectivity index (χ4n) is 3.33. The van der Waals surface area contributed by atoms with Crippen LogP contribution in [0.15, 0.2) is 18.2 Å². The van der Waals surface area contributed by atoms with Crippen molar-refractivity contribution >= 4 is 11.4 Å². The Balaban J connectivity index is 1.69. The van der Waals surface area contributed by atoms with E-state index in [0.717, 1.165) is 43.6 Å². The summed E-state index contributed by atoms with van der Waals surface area (Å²) in [5.74, 6) is 0. The maximum atomic E-state index is 11.2. The molecule has 0 amide bonds. The van der Waals surface area contributed by atoms with Crippen LogP contribution in [0.1, 0.15) is 24.8 Å². The number of anilines is 1. The maximum Gasteiger partial charge on any atom is 0.271 e. The van der Waals surface area contributed by atoms with Crippen molar-refractivity contribution in [1.82, 2.24) is 0 Å². The lowest BCUT2D eigenvalue weighted by Crippen LogP contribution is -2.36. The third-order valence-electron chi connectivity index (χ3n) is 4.70. The molecule has 1 aromatic carbocycles. The molecule has 1 aromatic rings. The summed E-state index contributed by atoms with van der Waals surface area (Å²) in [6, 6.07) is 5.22. The predicted molar refractivity (Wildman–Crippen MR) is 89.4 cm³/mol. The molecule has 7 heteroatoms. The van der Waals surface area contributed by atoms with E-state index in [-0.39, 0.29) is 22.8 Å². The second kappa shape index (κ2) is 7.92. The molecule has 0 aromatic heterocycles. The number of morpholine rings is 1. The number of rotatable bonds is 6. The number of benzene rings is 1. The number of non-ortho nitro benzene ring substituents is 1. The second-order valence-electron chi connectivity index (χ2n) is 6.32. The summed E-state index contributed by atoms with van der Waals surface area (Å²) in [4.78, 5) is 13.0. The average Bonchev–Trinajstić information content (AvgIpc) is 3.08. The molecule has 7 nitrogen and oxygen atoms in total. The van der Waals surface area contributed by atoms with Gasteiger partial charge in [0, 0.05) is 38.0 Å². The number of ether oxygens (including phenoxy) is 3. The van der Waals surface area contributed by atoms with Crippen LogP contribution in [0.4, 0.5) is 11.4 Å². The zero-order chi connectivity index (χ0) is 16.9. The van der Waals surface area contributed by atoms with E-state index in [1.807, 2.05) is 6.07 Å². The highest BCUT2D eigenvalue weighted by Gasteiger charge is 2.25. The first-order valence-corrected chi connectivity index (χ1v) is 8.41. The van der Waals surface area contributed by atoms with Gasteiger partial charge in [0.25, 0.3) is 5.69 Å². The Kier molecular flexibility index (Phi) is 5.65. The van der Waals surface area contributed by atoms with E-state index < -0.39 is 0 Å². The van der Waals surface area contributed by atoms with E-state index in [1.54, 1.807) is 19.2 Å². The fourth-order valence-corrected chi connectivity index (χ4v) is 3.33. The van der Waals surface area contributed by atoms with Gasteiger partial charge in [0.05, 0.1) is 37.0 Å². The van der Waals surface area contributed by atoms with Gasteiger partial charge in [-0.05, 0) is 30.9 Å². The molecule has 0 bridgehead atoms. The lowest BCUT2D eigenvalue weighted by Gasteiger charge is -2.29. The van der Waals surface area contributed by atoms with Crippen molar-refractivity contribution < 1.29 is 19.1 Å². The van der Waals surface area contributed by atoms with Gasteiger partial charge in [-0.1, -0.05) is 0 Å². The fraction of sp³-hybridized carbons (Fsp3) is 0.647. The standard InChI is InChI=1S/C17H24N2O5/c1-22-16-2-3-17(11-16)24-12-13-8-14(10-15(9-13)19(20)21)18-4-6-23-7-5-18/h8-10,16-17H,2-7,11-12H2,1H3. The van der Waals surface area contributed by atoms with Crippen molar-refractivity contribution in [2.45, 2.75) is 38.1 Å².